The maximum atomic E-state index is 11.6. The number of amides is 1. The molecule has 3 N–H and O–H groups in total. The van der Waals surface area contributed by atoms with Gasteiger partial charge in [0.05, 0.1) is 11.0 Å². The molecule has 154 valence electrons. The zero-order valence-electron chi connectivity index (χ0n) is 17.5. The number of aromatic nitrogens is 2. The fourth-order valence-corrected chi connectivity index (χ4v) is 2.78. The summed E-state index contributed by atoms with van der Waals surface area (Å²) in [4.78, 5) is 20.4. The molecule has 28 heavy (non-hydrogen) atoms. The van der Waals surface area contributed by atoms with E-state index in [9.17, 15) is 4.79 Å². The van der Waals surface area contributed by atoms with Gasteiger partial charge in [0.15, 0.2) is 5.96 Å². The normalized spacial score (nSPS) is 12.1. The predicted molar refractivity (Wildman–Crippen MR) is 113 cm³/mol. The van der Waals surface area contributed by atoms with E-state index in [0.29, 0.717) is 13.1 Å². The van der Waals surface area contributed by atoms with Crippen LogP contribution >= 0.6 is 0 Å². The molecule has 2 rings (SSSR count). The number of alkyl carbamates (subject to hydrolysis) is 1. The SMILES string of the molecule is CN=C(NCCCNC(=O)OC(C)(C)C)NCCn1c(C)nc2ccccc21. The molecule has 1 amide bonds. The number of benzene rings is 1. The third-order valence-corrected chi connectivity index (χ3v) is 4.01. The number of carbonyl (C=O) groups is 1. The number of aryl methyl sites for hydroxylation is 1. The average molecular weight is 389 g/mol. The summed E-state index contributed by atoms with van der Waals surface area (Å²) in [6, 6.07) is 8.14. The number of guanidine groups is 1. The fraction of sp³-hybridized carbons (Fsp3) is 0.550. The predicted octanol–water partition coefficient (Wildman–Crippen LogP) is 2.42. The van der Waals surface area contributed by atoms with Crippen molar-refractivity contribution in [3.05, 3.63) is 30.1 Å². The standard InChI is InChI=1S/C20H32N6O2/c1-15-25-16-9-6-7-10-17(16)26(15)14-13-23-18(21-5)22-11-8-12-24-19(27)28-20(2,3)4/h6-7,9-10H,8,11-14H2,1-5H3,(H,24,27)(H2,21,22,23). The van der Waals surface area contributed by atoms with Crippen molar-refractivity contribution in [3.63, 3.8) is 0 Å². The first-order chi connectivity index (χ1) is 13.3. The van der Waals surface area contributed by atoms with Gasteiger partial charge in [-0.05, 0) is 46.2 Å². The first-order valence-electron chi connectivity index (χ1n) is 9.63. The molecule has 2 aromatic rings. The van der Waals surface area contributed by atoms with Crippen molar-refractivity contribution < 1.29 is 9.53 Å². The van der Waals surface area contributed by atoms with E-state index in [1.165, 1.54) is 0 Å². The van der Waals surface area contributed by atoms with Crippen LogP contribution in [0.25, 0.3) is 11.0 Å². The van der Waals surface area contributed by atoms with Gasteiger partial charge in [0, 0.05) is 33.2 Å². The Morgan fingerprint density at radius 2 is 1.82 bits per heavy atom. The molecular formula is C20H32N6O2. The van der Waals surface area contributed by atoms with E-state index < -0.39 is 11.7 Å². The van der Waals surface area contributed by atoms with Crippen LogP contribution in [0.15, 0.2) is 29.3 Å². The molecule has 0 unspecified atom stereocenters. The van der Waals surface area contributed by atoms with Gasteiger partial charge in [-0.1, -0.05) is 12.1 Å². The molecular weight excluding hydrogens is 356 g/mol. The van der Waals surface area contributed by atoms with Crippen molar-refractivity contribution in [2.75, 3.05) is 26.7 Å². The quantitative estimate of drug-likeness (QED) is 0.385. The first-order valence-corrected chi connectivity index (χ1v) is 9.63. The van der Waals surface area contributed by atoms with E-state index in [2.05, 4.69) is 36.6 Å². The third kappa shape index (κ3) is 6.75. The summed E-state index contributed by atoms with van der Waals surface area (Å²) in [6.07, 6.45) is 0.378. The van der Waals surface area contributed by atoms with Crippen molar-refractivity contribution in [2.45, 2.75) is 46.3 Å². The molecule has 0 atom stereocenters. The van der Waals surface area contributed by atoms with Crippen LogP contribution in [0, 0.1) is 6.92 Å². The Morgan fingerprint density at radius 1 is 1.14 bits per heavy atom. The van der Waals surface area contributed by atoms with Crippen LogP contribution in [-0.4, -0.2) is 53.9 Å². The van der Waals surface area contributed by atoms with Crippen molar-refractivity contribution in [3.8, 4) is 0 Å². The molecule has 0 radical (unpaired) electrons. The molecule has 1 aromatic carbocycles. The molecule has 0 bridgehead atoms. The lowest BCUT2D eigenvalue weighted by Gasteiger charge is -2.19. The van der Waals surface area contributed by atoms with Crippen LogP contribution in [0.4, 0.5) is 4.79 Å². The molecule has 0 fully saturated rings. The van der Waals surface area contributed by atoms with Crippen molar-refractivity contribution >= 4 is 23.1 Å². The highest BCUT2D eigenvalue weighted by Crippen LogP contribution is 2.14. The molecule has 8 heteroatoms. The number of fused-ring (bicyclic) bond motifs is 1. The van der Waals surface area contributed by atoms with Crippen molar-refractivity contribution in [2.24, 2.45) is 4.99 Å². The highest BCUT2D eigenvalue weighted by atomic mass is 16.6. The minimum atomic E-state index is -0.479. The second-order valence-electron chi connectivity index (χ2n) is 7.51. The highest BCUT2D eigenvalue weighted by Gasteiger charge is 2.15. The molecule has 1 aromatic heterocycles. The Kier molecular flexibility index (Phi) is 7.66. The molecule has 1 heterocycles. The molecule has 0 saturated heterocycles. The van der Waals surface area contributed by atoms with Gasteiger partial charge in [0.2, 0.25) is 0 Å². The van der Waals surface area contributed by atoms with Gasteiger partial charge in [-0.15, -0.1) is 0 Å². The van der Waals surface area contributed by atoms with Crippen LogP contribution in [0.3, 0.4) is 0 Å². The largest absolute Gasteiger partial charge is 0.444 e. The summed E-state index contributed by atoms with van der Waals surface area (Å²) in [5.41, 5.74) is 1.67. The molecule has 8 nitrogen and oxygen atoms in total. The Bertz CT molecular complexity index is 807. The van der Waals surface area contributed by atoms with Gasteiger partial charge in [0.25, 0.3) is 0 Å². The Balaban J connectivity index is 1.68. The van der Waals surface area contributed by atoms with Gasteiger partial charge in [-0.2, -0.15) is 0 Å². The number of hydrogen-bond donors (Lipinski definition) is 3. The smallest absolute Gasteiger partial charge is 0.407 e. The van der Waals surface area contributed by atoms with Gasteiger partial charge < -0.3 is 25.3 Å². The van der Waals surface area contributed by atoms with Gasteiger partial charge >= 0.3 is 6.09 Å². The summed E-state index contributed by atoms with van der Waals surface area (Å²) in [5, 5.41) is 9.30. The number of imidazole rings is 1. The second kappa shape index (κ2) is 9.96. The van der Waals surface area contributed by atoms with Gasteiger partial charge in [-0.25, -0.2) is 9.78 Å². The van der Waals surface area contributed by atoms with Crippen LogP contribution in [0.1, 0.15) is 33.0 Å². The minimum absolute atomic E-state index is 0.391. The van der Waals surface area contributed by atoms with Crippen LogP contribution in [0.5, 0.6) is 0 Å². The number of rotatable bonds is 7. The summed E-state index contributed by atoms with van der Waals surface area (Å²) in [7, 11) is 1.74. The zero-order valence-corrected chi connectivity index (χ0v) is 17.5. The molecule has 0 aliphatic heterocycles. The topological polar surface area (TPSA) is 92.6 Å². The Hall–Kier alpha value is -2.77. The molecule has 0 spiro atoms. The van der Waals surface area contributed by atoms with Crippen LogP contribution in [-0.2, 0) is 11.3 Å². The lowest BCUT2D eigenvalue weighted by Crippen LogP contribution is -2.40. The lowest BCUT2D eigenvalue weighted by molar-refractivity contribution is 0.0527. The maximum Gasteiger partial charge on any atom is 0.407 e. The number of aliphatic imine (C=N–C) groups is 1. The van der Waals surface area contributed by atoms with E-state index in [4.69, 9.17) is 4.74 Å². The van der Waals surface area contributed by atoms with Crippen molar-refractivity contribution in [1.82, 2.24) is 25.5 Å². The van der Waals surface area contributed by atoms with E-state index in [-0.39, 0.29) is 0 Å². The van der Waals surface area contributed by atoms with Crippen molar-refractivity contribution in [1.29, 1.82) is 0 Å². The highest BCUT2D eigenvalue weighted by molar-refractivity contribution is 5.79. The number of para-hydroxylation sites is 2. The average Bonchev–Trinajstić information content (AvgIpc) is 2.94. The molecule has 0 aliphatic carbocycles. The summed E-state index contributed by atoms with van der Waals surface area (Å²) >= 11 is 0. The van der Waals surface area contributed by atoms with E-state index in [1.807, 2.05) is 45.9 Å². The van der Waals surface area contributed by atoms with E-state index in [0.717, 1.165) is 42.3 Å². The van der Waals surface area contributed by atoms with E-state index >= 15 is 0 Å². The Morgan fingerprint density at radius 3 is 2.54 bits per heavy atom. The summed E-state index contributed by atoms with van der Waals surface area (Å²) < 4.78 is 7.40. The monoisotopic (exact) mass is 388 g/mol. The number of carbonyl (C=O) groups excluding carboxylic acids is 1. The zero-order chi connectivity index (χ0) is 20.6. The number of ether oxygens (including phenoxy) is 1. The molecule has 0 aliphatic rings. The van der Waals surface area contributed by atoms with Gasteiger partial charge in [0.1, 0.15) is 11.4 Å². The lowest BCUT2D eigenvalue weighted by atomic mass is 10.2. The number of hydrogen-bond acceptors (Lipinski definition) is 4. The van der Waals surface area contributed by atoms with E-state index in [1.54, 1.807) is 7.05 Å². The third-order valence-electron chi connectivity index (χ3n) is 4.01. The Labute approximate surface area is 166 Å². The maximum absolute atomic E-state index is 11.6. The first kappa shape index (κ1) is 21.5. The molecule has 0 saturated carbocycles. The second-order valence-corrected chi connectivity index (χ2v) is 7.51. The van der Waals surface area contributed by atoms with Gasteiger partial charge in [-0.3, -0.25) is 4.99 Å². The van der Waals surface area contributed by atoms with Crippen LogP contribution < -0.4 is 16.0 Å². The summed E-state index contributed by atoms with van der Waals surface area (Å²) in [6.45, 7) is 10.3. The minimum Gasteiger partial charge on any atom is -0.444 e. The summed E-state index contributed by atoms with van der Waals surface area (Å²) in [5.74, 6) is 1.73. The fourth-order valence-electron chi connectivity index (χ4n) is 2.78. The van der Waals surface area contributed by atoms with Crippen LogP contribution in [0.2, 0.25) is 0 Å². The number of nitrogens with zero attached hydrogens (tertiary/aromatic N) is 3. The number of nitrogens with one attached hydrogen (secondary N) is 3.